The van der Waals surface area contributed by atoms with Gasteiger partial charge in [-0.3, -0.25) is 4.90 Å². The summed E-state index contributed by atoms with van der Waals surface area (Å²) >= 11 is 0. The molecule has 2 aliphatic rings. The fourth-order valence-electron chi connectivity index (χ4n) is 4.02. The molecule has 0 unspecified atom stereocenters. The Morgan fingerprint density at radius 2 is 1.82 bits per heavy atom. The number of halogens is 1. The molecule has 5 heteroatoms. The first kappa shape index (κ1) is 15.3. The number of aryl methyl sites for hydroxylation is 1. The van der Waals surface area contributed by atoms with E-state index in [1.54, 1.807) is 12.1 Å². The van der Waals surface area contributed by atoms with Gasteiger partial charge in [-0.15, -0.1) is 0 Å². The van der Waals surface area contributed by atoms with Crippen LogP contribution in [0.1, 0.15) is 36.8 Å². The Balaban J connectivity index is 1.90. The zero-order valence-electron chi connectivity index (χ0n) is 13.5. The summed E-state index contributed by atoms with van der Waals surface area (Å²) in [5.74, 6) is -0.174. The van der Waals surface area contributed by atoms with Gasteiger partial charge < -0.3 is 10.6 Å². The minimum absolute atomic E-state index is 0.0704. The van der Waals surface area contributed by atoms with Crippen LogP contribution >= 0.6 is 0 Å². The number of hydrogen-bond donors (Lipinski definition) is 2. The Hall–Kier alpha value is -1.62. The van der Waals surface area contributed by atoms with Crippen molar-refractivity contribution in [3.05, 3.63) is 35.1 Å². The largest absolute Gasteiger partial charge is 0.336 e. The summed E-state index contributed by atoms with van der Waals surface area (Å²) < 4.78 is 13.9. The van der Waals surface area contributed by atoms with Crippen molar-refractivity contribution in [1.82, 2.24) is 15.5 Å². The first-order valence-electron chi connectivity index (χ1n) is 7.86. The third kappa shape index (κ3) is 2.47. The maximum absolute atomic E-state index is 13.9. The van der Waals surface area contributed by atoms with Crippen LogP contribution in [0.25, 0.3) is 0 Å². The van der Waals surface area contributed by atoms with Gasteiger partial charge >= 0.3 is 6.03 Å². The van der Waals surface area contributed by atoms with E-state index in [-0.39, 0.29) is 22.9 Å². The number of nitrogens with one attached hydrogen (secondary N) is 2. The normalized spacial score (nSPS) is 31.4. The summed E-state index contributed by atoms with van der Waals surface area (Å²) in [7, 11) is 4.12. The van der Waals surface area contributed by atoms with E-state index in [2.05, 4.69) is 35.7 Å². The highest BCUT2D eigenvalue weighted by Crippen LogP contribution is 2.45. The van der Waals surface area contributed by atoms with Gasteiger partial charge in [0.15, 0.2) is 0 Å². The second kappa shape index (κ2) is 5.23. The van der Waals surface area contributed by atoms with Crippen LogP contribution in [0.2, 0.25) is 0 Å². The van der Waals surface area contributed by atoms with Crippen LogP contribution < -0.4 is 10.6 Å². The third-order valence-electron chi connectivity index (χ3n) is 5.44. The van der Waals surface area contributed by atoms with E-state index in [1.165, 1.54) is 0 Å². The van der Waals surface area contributed by atoms with Crippen LogP contribution in [-0.4, -0.2) is 37.1 Å². The molecule has 1 aliphatic heterocycles. The maximum atomic E-state index is 13.9. The molecule has 2 amide bonds. The summed E-state index contributed by atoms with van der Waals surface area (Å²) in [6.45, 7) is 2.62. The van der Waals surface area contributed by atoms with Gasteiger partial charge in [-0.05, 0) is 70.0 Å². The number of benzene rings is 1. The number of urea groups is 1. The monoisotopic (exact) mass is 305 g/mol. The van der Waals surface area contributed by atoms with Crippen molar-refractivity contribution >= 4 is 6.03 Å². The van der Waals surface area contributed by atoms with Crippen LogP contribution in [0.15, 0.2) is 18.2 Å². The lowest BCUT2D eigenvalue weighted by molar-refractivity contribution is 0.0649. The summed E-state index contributed by atoms with van der Waals surface area (Å²) in [4.78, 5) is 13.7. The molecule has 0 bridgehead atoms. The zero-order valence-corrected chi connectivity index (χ0v) is 13.5. The molecule has 1 saturated carbocycles. The van der Waals surface area contributed by atoms with E-state index < -0.39 is 0 Å². The molecule has 2 N–H and O–H groups in total. The van der Waals surface area contributed by atoms with E-state index in [4.69, 9.17) is 0 Å². The van der Waals surface area contributed by atoms with Gasteiger partial charge in [0.1, 0.15) is 5.82 Å². The molecule has 0 aromatic heterocycles. The molecule has 120 valence electrons. The van der Waals surface area contributed by atoms with Crippen LogP contribution in [0.4, 0.5) is 9.18 Å². The smallest absolute Gasteiger partial charge is 0.315 e. The molecule has 0 radical (unpaired) electrons. The summed E-state index contributed by atoms with van der Waals surface area (Å²) in [6, 6.07) is 5.25. The fraction of sp³-hybridized carbons (Fsp3) is 0.588. The summed E-state index contributed by atoms with van der Waals surface area (Å²) in [5, 5.41) is 5.95. The molecule has 3 rings (SSSR count). The molecule has 1 aliphatic carbocycles. The Morgan fingerprint density at radius 1 is 1.14 bits per heavy atom. The lowest BCUT2D eigenvalue weighted by atomic mass is 9.68. The second-order valence-electron chi connectivity index (χ2n) is 7.03. The molecular formula is C17H24FN3O. The molecule has 22 heavy (non-hydrogen) atoms. The van der Waals surface area contributed by atoms with Crippen LogP contribution in [0.5, 0.6) is 0 Å². The number of hydrogen-bond acceptors (Lipinski definition) is 2. The van der Waals surface area contributed by atoms with Crippen molar-refractivity contribution in [2.45, 2.75) is 43.7 Å². The average Bonchev–Trinajstić information content (AvgIpc) is 2.80. The predicted molar refractivity (Wildman–Crippen MR) is 84.2 cm³/mol. The number of amides is 2. The van der Waals surface area contributed by atoms with Crippen LogP contribution in [0.3, 0.4) is 0 Å². The van der Waals surface area contributed by atoms with E-state index >= 15 is 0 Å². The van der Waals surface area contributed by atoms with E-state index in [0.29, 0.717) is 6.54 Å². The lowest BCUT2D eigenvalue weighted by Crippen LogP contribution is -2.54. The fourth-order valence-corrected chi connectivity index (χ4v) is 4.02. The highest BCUT2D eigenvalue weighted by atomic mass is 19.1. The van der Waals surface area contributed by atoms with E-state index in [0.717, 1.165) is 36.8 Å². The molecule has 2 fully saturated rings. The Kier molecular flexibility index (Phi) is 3.63. The van der Waals surface area contributed by atoms with Gasteiger partial charge in [-0.2, -0.15) is 0 Å². The first-order chi connectivity index (χ1) is 10.4. The van der Waals surface area contributed by atoms with Gasteiger partial charge in [-0.1, -0.05) is 6.07 Å². The molecule has 1 aromatic carbocycles. The zero-order chi connectivity index (χ0) is 16.0. The molecule has 1 aromatic rings. The minimum Gasteiger partial charge on any atom is -0.336 e. The topological polar surface area (TPSA) is 44.4 Å². The molecule has 1 saturated heterocycles. The number of carbonyl (C=O) groups is 1. The summed E-state index contributed by atoms with van der Waals surface area (Å²) in [5.41, 5.74) is 1.71. The molecule has 1 spiro atoms. The standard InChI is InChI=1S/C17H24FN3O/c1-12-8-13(10-14(18)9-12)17(21(2)3)6-4-16(5-7-17)11-19-15(22)20-16/h8-10H,4-7,11H2,1-3H3,(H2,19,20,22)/t16-,17-. The van der Waals surface area contributed by atoms with Crippen LogP contribution in [-0.2, 0) is 5.54 Å². The van der Waals surface area contributed by atoms with Crippen molar-refractivity contribution < 1.29 is 9.18 Å². The number of carbonyl (C=O) groups excluding carboxylic acids is 1. The van der Waals surface area contributed by atoms with Crippen molar-refractivity contribution in [3.63, 3.8) is 0 Å². The average molecular weight is 305 g/mol. The highest BCUT2D eigenvalue weighted by Gasteiger charge is 2.47. The quantitative estimate of drug-likeness (QED) is 0.882. The van der Waals surface area contributed by atoms with Gasteiger partial charge in [0, 0.05) is 12.1 Å². The Labute approximate surface area is 131 Å². The minimum atomic E-state index is -0.174. The number of rotatable bonds is 2. The van der Waals surface area contributed by atoms with E-state index in [1.807, 2.05) is 6.92 Å². The lowest BCUT2D eigenvalue weighted by Gasteiger charge is -2.48. The Morgan fingerprint density at radius 3 is 2.32 bits per heavy atom. The number of nitrogens with zero attached hydrogens (tertiary/aromatic N) is 1. The van der Waals surface area contributed by atoms with Crippen molar-refractivity contribution in [1.29, 1.82) is 0 Å². The molecular weight excluding hydrogens is 281 g/mol. The van der Waals surface area contributed by atoms with Crippen molar-refractivity contribution in [2.24, 2.45) is 0 Å². The van der Waals surface area contributed by atoms with Gasteiger partial charge in [0.2, 0.25) is 0 Å². The molecule has 1 heterocycles. The maximum Gasteiger partial charge on any atom is 0.315 e. The molecule has 4 nitrogen and oxygen atoms in total. The highest BCUT2D eigenvalue weighted by molar-refractivity contribution is 5.77. The molecule has 0 atom stereocenters. The van der Waals surface area contributed by atoms with Crippen LogP contribution in [0, 0.1) is 12.7 Å². The van der Waals surface area contributed by atoms with Crippen molar-refractivity contribution in [3.8, 4) is 0 Å². The summed E-state index contributed by atoms with van der Waals surface area (Å²) in [6.07, 6.45) is 3.62. The van der Waals surface area contributed by atoms with Gasteiger partial charge in [-0.25, -0.2) is 9.18 Å². The first-order valence-corrected chi connectivity index (χ1v) is 7.86. The third-order valence-corrected chi connectivity index (χ3v) is 5.44. The van der Waals surface area contributed by atoms with E-state index in [9.17, 15) is 9.18 Å². The van der Waals surface area contributed by atoms with Crippen molar-refractivity contribution in [2.75, 3.05) is 20.6 Å². The van der Waals surface area contributed by atoms with Gasteiger partial charge in [0.25, 0.3) is 0 Å². The SMILES string of the molecule is Cc1cc(F)cc([C@]2(N(C)C)CC[C@]3(CC2)CNC(=O)N3)c1. The Bertz CT molecular complexity index is 571. The second-order valence-corrected chi connectivity index (χ2v) is 7.03. The van der Waals surface area contributed by atoms with Gasteiger partial charge in [0.05, 0.1) is 5.54 Å². The predicted octanol–water partition coefficient (Wildman–Crippen LogP) is 2.52.